The minimum absolute atomic E-state index is 0.0429. The van der Waals surface area contributed by atoms with Crippen molar-refractivity contribution in [1.82, 2.24) is 10.2 Å². The number of nitrogens with one attached hydrogen (secondary N) is 1. The molecule has 2 atom stereocenters. The molecule has 1 saturated carbocycles. The first kappa shape index (κ1) is 12.2. The van der Waals surface area contributed by atoms with E-state index in [-0.39, 0.29) is 17.2 Å². The summed E-state index contributed by atoms with van der Waals surface area (Å²) < 4.78 is 0. The number of nitrogens with zero attached hydrogens (tertiary/aromatic N) is 2. The van der Waals surface area contributed by atoms with Crippen LogP contribution < -0.4 is 5.32 Å². The van der Waals surface area contributed by atoms with Crippen LogP contribution in [0.3, 0.4) is 0 Å². The molecular formula is C12H17N3OS. The van der Waals surface area contributed by atoms with Gasteiger partial charge in [-0.15, -0.1) is 10.2 Å². The molecular weight excluding hydrogens is 234 g/mol. The van der Waals surface area contributed by atoms with E-state index in [1.54, 1.807) is 5.51 Å². The van der Waals surface area contributed by atoms with E-state index in [1.807, 2.05) is 0 Å². The molecule has 1 aromatic heterocycles. The summed E-state index contributed by atoms with van der Waals surface area (Å²) in [4.78, 5) is 12.1. The van der Waals surface area contributed by atoms with Crippen LogP contribution in [0, 0.1) is 17.3 Å². The lowest BCUT2D eigenvalue weighted by Gasteiger charge is -2.01. The maximum Gasteiger partial charge on any atom is 0.230 e. The van der Waals surface area contributed by atoms with Crippen molar-refractivity contribution < 1.29 is 4.79 Å². The fourth-order valence-corrected chi connectivity index (χ4v) is 2.71. The van der Waals surface area contributed by atoms with Crippen LogP contribution in [0.25, 0.3) is 0 Å². The Morgan fingerprint density at radius 2 is 2.24 bits per heavy atom. The van der Waals surface area contributed by atoms with Crippen LogP contribution in [0.5, 0.6) is 0 Å². The third kappa shape index (κ3) is 2.39. The van der Waals surface area contributed by atoms with E-state index in [9.17, 15) is 4.79 Å². The van der Waals surface area contributed by atoms with Gasteiger partial charge in [-0.1, -0.05) is 36.8 Å². The zero-order valence-corrected chi connectivity index (χ0v) is 11.3. The van der Waals surface area contributed by atoms with Crippen molar-refractivity contribution in [1.29, 1.82) is 0 Å². The zero-order valence-electron chi connectivity index (χ0n) is 10.5. The Kier molecular flexibility index (Phi) is 3.03. The zero-order chi connectivity index (χ0) is 12.6. The summed E-state index contributed by atoms with van der Waals surface area (Å²) in [7, 11) is 0. The van der Waals surface area contributed by atoms with Crippen molar-refractivity contribution in [2.24, 2.45) is 17.3 Å². The van der Waals surface area contributed by atoms with Crippen LogP contribution in [-0.4, -0.2) is 16.1 Å². The molecule has 1 aromatic rings. The number of rotatable bonds is 3. The molecule has 1 fully saturated rings. The van der Waals surface area contributed by atoms with E-state index in [0.717, 1.165) is 0 Å². The molecule has 1 aliphatic rings. The normalized spacial score (nSPS) is 25.2. The number of aromatic nitrogens is 2. The maximum absolute atomic E-state index is 12.1. The average Bonchev–Trinajstić information content (AvgIpc) is 2.64. The van der Waals surface area contributed by atoms with Crippen molar-refractivity contribution in [3.8, 4) is 0 Å². The van der Waals surface area contributed by atoms with Gasteiger partial charge in [-0.25, -0.2) is 0 Å². The third-order valence-electron chi connectivity index (χ3n) is 3.30. The van der Waals surface area contributed by atoms with Crippen molar-refractivity contribution in [2.75, 3.05) is 5.32 Å². The summed E-state index contributed by atoms with van der Waals surface area (Å²) >= 11 is 1.34. The van der Waals surface area contributed by atoms with Crippen LogP contribution >= 0.6 is 11.3 Å². The summed E-state index contributed by atoms with van der Waals surface area (Å²) in [5, 5.41) is 10.9. The van der Waals surface area contributed by atoms with E-state index in [0.29, 0.717) is 11.0 Å². The molecule has 1 aliphatic carbocycles. The van der Waals surface area contributed by atoms with E-state index in [4.69, 9.17) is 0 Å². The molecule has 17 heavy (non-hydrogen) atoms. The summed E-state index contributed by atoms with van der Waals surface area (Å²) in [6.07, 6.45) is 2.18. The molecule has 0 radical (unpaired) electrons. The lowest BCUT2D eigenvalue weighted by atomic mass is 10.1. The molecule has 1 N–H and O–H groups in total. The van der Waals surface area contributed by atoms with Crippen molar-refractivity contribution in [3.63, 3.8) is 0 Å². The van der Waals surface area contributed by atoms with Gasteiger partial charge in [0, 0.05) is 0 Å². The highest BCUT2D eigenvalue weighted by atomic mass is 32.1. The third-order valence-corrected chi connectivity index (χ3v) is 3.90. The highest BCUT2D eigenvalue weighted by Gasteiger charge is 2.60. The molecule has 2 rings (SSSR count). The Bertz CT molecular complexity index is 446. The number of carbonyl (C=O) groups excluding carboxylic acids is 1. The van der Waals surface area contributed by atoms with Crippen LogP contribution in [0.4, 0.5) is 5.13 Å². The van der Waals surface area contributed by atoms with Gasteiger partial charge in [-0.05, 0) is 25.2 Å². The minimum Gasteiger partial charge on any atom is -0.300 e. The van der Waals surface area contributed by atoms with Gasteiger partial charge in [0.1, 0.15) is 5.51 Å². The van der Waals surface area contributed by atoms with Gasteiger partial charge in [-0.2, -0.15) is 0 Å². The quantitative estimate of drug-likeness (QED) is 0.840. The van der Waals surface area contributed by atoms with Gasteiger partial charge in [0.15, 0.2) is 0 Å². The van der Waals surface area contributed by atoms with Crippen LogP contribution in [-0.2, 0) is 4.79 Å². The highest BCUT2D eigenvalue weighted by Crippen LogP contribution is 2.59. The Morgan fingerprint density at radius 3 is 2.76 bits per heavy atom. The number of hydrogen-bond donors (Lipinski definition) is 1. The van der Waals surface area contributed by atoms with Crippen molar-refractivity contribution >= 4 is 22.4 Å². The van der Waals surface area contributed by atoms with Gasteiger partial charge in [0.05, 0.1) is 5.92 Å². The average molecular weight is 251 g/mol. The molecule has 1 heterocycles. The number of hydrogen-bond acceptors (Lipinski definition) is 4. The molecule has 0 bridgehead atoms. The molecule has 0 saturated heterocycles. The number of carbonyl (C=O) groups is 1. The van der Waals surface area contributed by atoms with Crippen molar-refractivity contribution in [3.05, 3.63) is 17.2 Å². The molecule has 0 spiro atoms. The topological polar surface area (TPSA) is 54.9 Å². The van der Waals surface area contributed by atoms with Gasteiger partial charge in [0.2, 0.25) is 11.0 Å². The molecule has 0 unspecified atom stereocenters. The number of amides is 1. The van der Waals surface area contributed by atoms with Crippen molar-refractivity contribution in [2.45, 2.75) is 27.7 Å². The number of allylic oxidation sites excluding steroid dienone is 2. The molecule has 0 aromatic carbocycles. The monoisotopic (exact) mass is 251 g/mol. The molecule has 0 aliphatic heterocycles. The van der Waals surface area contributed by atoms with E-state index < -0.39 is 0 Å². The molecule has 4 nitrogen and oxygen atoms in total. The second-order valence-electron chi connectivity index (χ2n) is 5.30. The Labute approximate surface area is 105 Å². The first-order valence-electron chi connectivity index (χ1n) is 5.65. The van der Waals surface area contributed by atoms with Crippen LogP contribution in [0.15, 0.2) is 17.2 Å². The largest absolute Gasteiger partial charge is 0.300 e. The Balaban J connectivity index is 2.04. The van der Waals surface area contributed by atoms with E-state index in [2.05, 4.69) is 49.3 Å². The fraction of sp³-hybridized carbons (Fsp3) is 0.583. The first-order chi connectivity index (χ1) is 7.93. The van der Waals surface area contributed by atoms with Gasteiger partial charge < -0.3 is 5.32 Å². The standard InChI is InChI=1S/C12H17N3OS/c1-7(2)5-8-9(12(8,3)4)10(16)14-11-15-13-6-17-11/h5-6,8-9H,1-4H3,(H,14,15,16)/t8-,9+/m1/s1. The minimum atomic E-state index is 0.0429. The SMILES string of the molecule is CC(C)=C[C@@H]1[C@@H](C(=O)Nc2nncs2)C1(C)C. The fourth-order valence-electron chi connectivity index (χ4n) is 2.26. The summed E-state index contributed by atoms with van der Waals surface area (Å²) in [5.41, 5.74) is 2.92. The predicted octanol–water partition coefficient (Wildman–Crippen LogP) is 2.72. The van der Waals surface area contributed by atoms with E-state index >= 15 is 0 Å². The molecule has 92 valence electrons. The lowest BCUT2D eigenvalue weighted by molar-refractivity contribution is -0.118. The maximum atomic E-state index is 12.1. The summed E-state index contributed by atoms with van der Waals surface area (Å²) in [5.74, 6) is 0.427. The predicted molar refractivity (Wildman–Crippen MR) is 68.7 cm³/mol. The van der Waals surface area contributed by atoms with Crippen LogP contribution in [0.1, 0.15) is 27.7 Å². The van der Waals surface area contributed by atoms with Gasteiger partial charge in [0.25, 0.3) is 0 Å². The molecule has 5 heteroatoms. The smallest absolute Gasteiger partial charge is 0.230 e. The number of anilines is 1. The van der Waals surface area contributed by atoms with Gasteiger partial charge in [-0.3, -0.25) is 4.79 Å². The first-order valence-corrected chi connectivity index (χ1v) is 6.53. The lowest BCUT2D eigenvalue weighted by Crippen LogP contribution is -2.16. The highest BCUT2D eigenvalue weighted by molar-refractivity contribution is 7.13. The molecule has 1 amide bonds. The Hall–Kier alpha value is -1.23. The van der Waals surface area contributed by atoms with E-state index in [1.165, 1.54) is 16.9 Å². The van der Waals surface area contributed by atoms with Crippen LogP contribution in [0.2, 0.25) is 0 Å². The Morgan fingerprint density at radius 1 is 1.53 bits per heavy atom. The second-order valence-corrected chi connectivity index (χ2v) is 6.14. The summed E-state index contributed by atoms with van der Waals surface area (Å²) in [6.45, 7) is 8.38. The second kappa shape index (κ2) is 4.22. The summed E-state index contributed by atoms with van der Waals surface area (Å²) in [6, 6.07) is 0. The van der Waals surface area contributed by atoms with Gasteiger partial charge >= 0.3 is 0 Å².